The van der Waals surface area contributed by atoms with Gasteiger partial charge in [0.1, 0.15) is 5.82 Å². The first-order chi connectivity index (χ1) is 9.27. The molecule has 0 saturated heterocycles. The molecule has 0 bridgehead atoms. The highest BCUT2D eigenvalue weighted by molar-refractivity contribution is 5.95. The van der Waals surface area contributed by atoms with E-state index in [2.05, 4.69) is 9.97 Å². The van der Waals surface area contributed by atoms with Gasteiger partial charge in [-0.05, 0) is 18.2 Å². The van der Waals surface area contributed by atoms with Crippen molar-refractivity contribution in [2.75, 3.05) is 5.32 Å². The van der Waals surface area contributed by atoms with Crippen LogP contribution in [0.15, 0.2) is 24.4 Å². The predicted molar refractivity (Wildman–Crippen MR) is 61.2 cm³/mol. The molecule has 2 rings (SSSR count). The number of hydrogen-bond acceptors (Lipinski definition) is 4. The second kappa shape index (κ2) is 4.76. The van der Waals surface area contributed by atoms with E-state index >= 15 is 0 Å². The number of rotatable bonds is 2. The number of carbonyl (C=O) groups excluding carboxylic acids is 1. The highest BCUT2D eigenvalue weighted by Crippen LogP contribution is 2.19. The minimum Gasteiger partial charge on any atom is -0.478 e. The van der Waals surface area contributed by atoms with Crippen LogP contribution in [0.3, 0.4) is 0 Å². The summed E-state index contributed by atoms with van der Waals surface area (Å²) >= 11 is 0. The summed E-state index contributed by atoms with van der Waals surface area (Å²) in [4.78, 5) is 28.9. The van der Waals surface area contributed by atoms with Gasteiger partial charge in [-0.3, -0.25) is 4.79 Å². The molecule has 0 aliphatic carbocycles. The van der Waals surface area contributed by atoms with Crippen LogP contribution in [-0.2, 0) is 4.79 Å². The maximum Gasteiger partial charge on any atom is 0.471 e. The van der Waals surface area contributed by atoms with Crippen molar-refractivity contribution < 1.29 is 27.9 Å². The summed E-state index contributed by atoms with van der Waals surface area (Å²) in [6, 6.07) is 3.71. The Morgan fingerprint density at radius 3 is 2.55 bits per heavy atom. The lowest BCUT2D eigenvalue weighted by molar-refractivity contribution is -0.167. The third-order valence-electron chi connectivity index (χ3n) is 2.29. The number of hydrogen-bond donors (Lipinski definition) is 2. The zero-order valence-electron chi connectivity index (χ0n) is 9.60. The maximum absolute atomic E-state index is 12.1. The van der Waals surface area contributed by atoms with E-state index in [1.807, 2.05) is 0 Å². The molecular weight excluding hydrogens is 279 g/mol. The first kappa shape index (κ1) is 13.7. The van der Waals surface area contributed by atoms with Gasteiger partial charge < -0.3 is 10.4 Å². The van der Waals surface area contributed by atoms with Gasteiger partial charge in [0.2, 0.25) is 0 Å². The molecule has 0 spiro atoms. The molecule has 0 aliphatic heterocycles. The number of carbonyl (C=O) groups is 2. The number of aromatic carboxylic acids is 1. The van der Waals surface area contributed by atoms with Gasteiger partial charge in [0, 0.05) is 11.6 Å². The highest BCUT2D eigenvalue weighted by Gasteiger charge is 2.38. The number of alkyl halides is 3. The molecule has 6 nitrogen and oxygen atoms in total. The molecule has 2 aromatic rings. The summed E-state index contributed by atoms with van der Waals surface area (Å²) in [5.74, 6) is -3.66. The van der Waals surface area contributed by atoms with Crippen LogP contribution in [0.2, 0.25) is 0 Å². The molecule has 2 heterocycles. The van der Waals surface area contributed by atoms with Crippen molar-refractivity contribution in [2.45, 2.75) is 6.18 Å². The largest absolute Gasteiger partial charge is 0.478 e. The zero-order chi connectivity index (χ0) is 14.9. The Morgan fingerprint density at radius 2 is 1.95 bits per heavy atom. The number of nitrogens with zero attached hydrogens (tertiary/aromatic N) is 2. The molecule has 1 amide bonds. The van der Waals surface area contributed by atoms with Gasteiger partial charge in [0.25, 0.3) is 0 Å². The minimum atomic E-state index is -5.02. The van der Waals surface area contributed by atoms with E-state index in [-0.39, 0.29) is 17.0 Å². The standard InChI is InChI=1S/C11H6F3N3O3/c12-11(13,14)10(20)17-7-2-1-5-3-6(9(18)19)4-15-8(5)16-7/h1-4H,(H,18,19)(H,15,16,17,20). The lowest BCUT2D eigenvalue weighted by Crippen LogP contribution is -2.30. The average Bonchev–Trinajstić information content (AvgIpc) is 2.36. The van der Waals surface area contributed by atoms with Crippen molar-refractivity contribution in [1.82, 2.24) is 9.97 Å². The number of pyridine rings is 2. The zero-order valence-corrected chi connectivity index (χ0v) is 9.60. The summed E-state index contributed by atoms with van der Waals surface area (Å²) in [6.45, 7) is 0. The van der Waals surface area contributed by atoms with E-state index in [4.69, 9.17) is 5.11 Å². The Kier molecular flexibility index (Phi) is 3.26. The summed E-state index contributed by atoms with van der Waals surface area (Å²) < 4.78 is 36.2. The molecule has 0 fully saturated rings. The van der Waals surface area contributed by atoms with Gasteiger partial charge in [0.15, 0.2) is 5.65 Å². The number of fused-ring (bicyclic) bond motifs is 1. The third kappa shape index (κ3) is 2.82. The van der Waals surface area contributed by atoms with E-state index < -0.39 is 18.1 Å². The molecule has 2 N–H and O–H groups in total. The topological polar surface area (TPSA) is 92.2 Å². The van der Waals surface area contributed by atoms with E-state index in [1.54, 1.807) is 5.32 Å². The molecule has 0 unspecified atom stereocenters. The second-order valence-corrected chi connectivity index (χ2v) is 3.72. The summed E-state index contributed by atoms with van der Waals surface area (Å²) in [5, 5.41) is 10.7. The van der Waals surface area contributed by atoms with E-state index in [0.717, 1.165) is 12.3 Å². The monoisotopic (exact) mass is 285 g/mol. The maximum atomic E-state index is 12.1. The minimum absolute atomic E-state index is 0.0231. The van der Waals surface area contributed by atoms with Crippen molar-refractivity contribution in [3.8, 4) is 0 Å². The van der Waals surface area contributed by atoms with Crippen molar-refractivity contribution in [3.63, 3.8) is 0 Å². The number of aromatic nitrogens is 2. The molecule has 20 heavy (non-hydrogen) atoms. The molecule has 104 valence electrons. The Labute approximate surface area is 109 Å². The van der Waals surface area contributed by atoms with Crippen molar-refractivity contribution in [3.05, 3.63) is 30.0 Å². The van der Waals surface area contributed by atoms with E-state index in [9.17, 15) is 22.8 Å². The van der Waals surface area contributed by atoms with Crippen molar-refractivity contribution in [2.24, 2.45) is 0 Å². The Balaban J connectivity index is 2.33. The van der Waals surface area contributed by atoms with Gasteiger partial charge in [0.05, 0.1) is 5.56 Å². The first-order valence-electron chi connectivity index (χ1n) is 5.15. The number of nitrogens with one attached hydrogen (secondary N) is 1. The molecule has 9 heteroatoms. The van der Waals surface area contributed by atoms with Crippen LogP contribution in [-0.4, -0.2) is 33.1 Å². The average molecular weight is 285 g/mol. The van der Waals surface area contributed by atoms with Gasteiger partial charge in [-0.25, -0.2) is 14.8 Å². The van der Waals surface area contributed by atoms with E-state index in [1.165, 1.54) is 12.1 Å². The molecule has 2 aromatic heterocycles. The summed E-state index contributed by atoms with van der Waals surface area (Å²) in [6.07, 6.45) is -4.00. The smallest absolute Gasteiger partial charge is 0.471 e. The van der Waals surface area contributed by atoms with Crippen LogP contribution >= 0.6 is 0 Å². The van der Waals surface area contributed by atoms with Crippen LogP contribution in [0.4, 0.5) is 19.0 Å². The SMILES string of the molecule is O=C(O)c1cnc2nc(NC(=O)C(F)(F)F)ccc2c1. The molecule has 0 aromatic carbocycles. The number of amides is 1. The molecule has 0 aliphatic rings. The van der Waals surface area contributed by atoms with Crippen molar-refractivity contribution >= 4 is 28.7 Å². The molecular formula is C11H6F3N3O3. The highest BCUT2D eigenvalue weighted by atomic mass is 19.4. The number of carboxylic acids is 1. The lowest BCUT2D eigenvalue weighted by atomic mass is 10.2. The molecule has 0 radical (unpaired) electrons. The Morgan fingerprint density at radius 1 is 1.25 bits per heavy atom. The number of halogens is 3. The van der Waals surface area contributed by atoms with Crippen molar-refractivity contribution in [1.29, 1.82) is 0 Å². The van der Waals surface area contributed by atoms with Gasteiger partial charge in [-0.15, -0.1) is 0 Å². The first-order valence-corrected chi connectivity index (χ1v) is 5.15. The van der Waals surface area contributed by atoms with Crippen LogP contribution in [0, 0.1) is 0 Å². The predicted octanol–water partition coefficient (Wildman–Crippen LogP) is 1.83. The van der Waals surface area contributed by atoms with E-state index in [0.29, 0.717) is 5.39 Å². The summed E-state index contributed by atoms with van der Waals surface area (Å²) in [7, 11) is 0. The Bertz CT molecular complexity index is 700. The third-order valence-corrected chi connectivity index (χ3v) is 2.29. The normalized spacial score (nSPS) is 11.3. The quantitative estimate of drug-likeness (QED) is 0.878. The van der Waals surface area contributed by atoms with Crippen LogP contribution in [0.1, 0.15) is 10.4 Å². The lowest BCUT2D eigenvalue weighted by Gasteiger charge is -2.07. The van der Waals surface area contributed by atoms with Crippen LogP contribution in [0.25, 0.3) is 11.0 Å². The van der Waals surface area contributed by atoms with Crippen LogP contribution in [0.5, 0.6) is 0 Å². The fourth-order valence-electron chi connectivity index (χ4n) is 1.38. The molecule has 0 atom stereocenters. The molecule has 0 saturated carbocycles. The van der Waals surface area contributed by atoms with Gasteiger partial charge >= 0.3 is 18.1 Å². The Hall–Kier alpha value is -2.71. The van der Waals surface area contributed by atoms with Gasteiger partial charge in [-0.2, -0.15) is 13.2 Å². The number of carboxylic acid groups (broad SMARTS) is 1. The fourth-order valence-corrected chi connectivity index (χ4v) is 1.38. The van der Waals surface area contributed by atoms with Crippen LogP contribution < -0.4 is 5.32 Å². The second-order valence-electron chi connectivity index (χ2n) is 3.72. The fraction of sp³-hybridized carbons (Fsp3) is 0.0909. The summed E-state index contributed by atoms with van der Waals surface area (Å²) in [5.41, 5.74) is -0.0543. The number of anilines is 1. The van der Waals surface area contributed by atoms with Gasteiger partial charge in [-0.1, -0.05) is 0 Å².